The zero-order valence-electron chi connectivity index (χ0n) is 11.0. The van der Waals surface area contributed by atoms with Gasteiger partial charge in [0.05, 0.1) is 0 Å². The Morgan fingerprint density at radius 3 is 1.70 bits per heavy atom. The first-order valence-electron chi connectivity index (χ1n) is 7.16. The molecule has 2 aromatic heterocycles. The second-order valence-electron chi connectivity index (χ2n) is 5.46. The summed E-state index contributed by atoms with van der Waals surface area (Å²) in [5.41, 5.74) is 0. The molecule has 102 valence electrons. The summed E-state index contributed by atoms with van der Waals surface area (Å²) in [6, 6.07) is 4.98. The summed E-state index contributed by atoms with van der Waals surface area (Å²) < 4.78 is 3.03. The zero-order chi connectivity index (χ0) is 13.1. The van der Waals surface area contributed by atoms with Crippen LogP contribution < -0.4 is 0 Å². The molecule has 0 N–H and O–H groups in total. The number of aryl methyl sites for hydroxylation is 2. The Morgan fingerprint density at radius 1 is 0.700 bits per heavy atom. The number of fused-ring (bicyclic) bond motifs is 6. The first-order chi connectivity index (χ1) is 9.90. The fraction of sp³-hybridized carbons (Fsp3) is 0.375. The lowest BCUT2D eigenvalue weighted by molar-refractivity contribution is 0.918. The largest absolute Gasteiger partial charge is 0.139 e. The van der Waals surface area contributed by atoms with Crippen LogP contribution in [-0.2, 0) is 12.8 Å². The highest BCUT2D eigenvalue weighted by atomic mass is 32.2. The summed E-state index contributed by atoms with van der Waals surface area (Å²) in [6.45, 7) is 0. The summed E-state index contributed by atoms with van der Waals surface area (Å²) in [5.74, 6) is 2.60. The summed E-state index contributed by atoms with van der Waals surface area (Å²) in [6.07, 6.45) is 5.29. The molecule has 0 amide bonds. The van der Waals surface area contributed by atoms with E-state index < -0.39 is 0 Å². The fourth-order valence-corrected chi connectivity index (χ4v) is 8.42. The quantitative estimate of drug-likeness (QED) is 0.480. The van der Waals surface area contributed by atoms with Crippen molar-refractivity contribution in [3.05, 3.63) is 21.9 Å². The second-order valence-corrected chi connectivity index (χ2v) is 9.94. The Morgan fingerprint density at radius 2 is 1.20 bits per heavy atom. The molecule has 0 saturated carbocycles. The maximum absolute atomic E-state index is 2.49. The molecule has 2 aliphatic heterocycles. The molecule has 0 nitrogen and oxygen atoms in total. The lowest BCUT2D eigenvalue weighted by atomic mass is 10.1. The third kappa shape index (κ3) is 1.75. The minimum atomic E-state index is 1.29. The van der Waals surface area contributed by atoms with Crippen LogP contribution in [0.3, 0.4) is 0 Å². The predicted octanol–water partition coefficient (Wildman–Crippen LogP) is 6.19. The number of hydrogen-bond acceptors (Lipinski definition) is 4. The standard InChI is InChI=1S/C16H14S4/c1-3-11-15(17-5-1)9-7-14-10(8-13(9)19-11)16-12(20-14)4-2-6-18-16/h7-8H,1-6H2. The number of rotatable bonds is 0. The highest BCUT2D eigenvalue weighted by molar-refractivity contribution is 8.00. The van der Waals surface area contributed by atoms with Gasteiger partial charge in [0.15, 0.2) is 0 Å². The van der Waals surface area contributed by atoms with Crippen LogP contribution in [0.5, 0.6) is 0 Å². The van der Waals surface area contributed by atoms with Crippen LogP contribution in [0.1, 0.15) is 22.6 Å². The third-order valence-electron chi connectivity index (χ3n) is 4.13. The third-order valence-corrected chi connectivity index (χ3v) is 9.31. The molecule has 0 spiro atoms. The van der Waals surface area contributed by atoms with E-state index in [1.165, 1.54) is 57.4 Å². The van der Waals surface area contributed by atoms with Gasteiger partial charge < -0.3 is 0 Å². The summed E-state index contributed by atoms with van der Waals surface area (Å²) >= 11 is 8.24. The molecule has 0 aliphatic carbocycles. The minimum absolute atomic E-state index is 1.29. The van der Waals surface area contributed by atoms with Crippen LogP contribution in [0.15, 0.2) is 21.9 Å². The molecule has 2 aliphatic rings. The molecular weight excluding hydrogens is 320 g/mol. The Bertz CT molecular complexity index is 754. The van der Waals surface area contributed by atoms with E-state index in [4.69, 9.17) is 0 Å². The predicted molar refractivity (Wildman–Crippen MR) is 95.3 cm³/mol. The molecule has 0 fully saturated rings. The van der Waals surface area contributed by atoms with Gasteiger partial charge >= 0.3 is 0 Å². The van der Waals surface area contributed by atoms with E-state index in [0.717, 1.165) is 0 Å². The molecule has 20 heavy (non-hydrogen) atoms. The average molecular weight is 335 g/mol. The van der Waals surface area contributed by atoms with Gasteiger partial charge in [-0.05, 0) is 49.3 Å². The molecule has 5 rings (SSSR count). The van der Waals surface area contributed by atoms with Crippen LogP contribution in [0, 0.1) is 0 Å². The maximum atomic E-state index is 2.49. The van der Waals surface area contributed by atoms with Gasteiger partial charge in [0, 0.05) is 39.7 Å². The van der Waals surface area contributed by atoms with Gasteiger partial charge in [0.1, 0.15) is 0 Å². The molecule has 3 aromatic rings. The molecule has 0 atom stereocenters. The van der Waals surface area contributed by atoms with Crippen molar-refractivity contribution in [1.82, 2.24) is 0 Å². The van der Waals surface area contributed by atoms with Gasteiger partial charge in [0.25, 0.3) is 0 Å². The maximum Gasteiger partial charge on any atom is 0.0364 e. The van der Waals surface area contributed by atoms with Gasteiger partial charge in [-0.2, -0.15) is 0 Å². The van der Waals surface area contributed by atoms with Crippen LogP contribution >= 0.6 is 46.2 Å². The number of benzene rings is 1. The lowest BCUT2D eigenvalue weighted by Crippen LogP contribution is -1.93. The van der Waals surface area contributed by atoms with Crippen molar-refractivity contribution in [2.75, 3.05) is 11.5 Å². The van der Waals surface area contributed by atoms with E-state index in [9.17, 15) is 0 Å². The van der Waals surface area contributed by atoms with Gasteiger partial charge in [-0.3, -0.25) is 0 Å². The van der Waals surface area contributed by atoms with E-state index in [0.29, 0.717) is 0 Å². The van der Waals surface area contributed by atoms with Crippen molar-refractivity contribution in [2.45, 2.75) is 35.5 Å². The molecule has 4 heterocycles. The Kier molecular flexibility index (Phi) is 2.89. The van der Waals surface area contributed by atoms with Crippen molar-refractivity contribution >= 4 is 66.4 Å². The van der Waals surface area contributed by atoms with Crippen molar-refractivity contribution in [3.8, 4) is 0 Å². The SMILES string of the molecule is c1c2sc3c(c2cc2sc4c(c12)SCCC4)SCCC3. The Hall–Kier alpha value is -0.160. The van der Waals surface area contributed by atoms with E-state index in [2.05, 4.69) is 35.7 Å². The van der Waals surface area contributed by atoms with E-state index >= 15 is 0 Å². The van der Waals surface area contributed by atoms with Crippen LogP contribution in [0.25, 0.3) is 20.2 Å². The molecule has 0 saturated heterocycles. The first kappa shape index (κ1) is 12.4. The van der Waals surface area contributed by atoms with Gasteiger partial charge in [-0.1, -0.05) is 0 Å². The summed E-state index contributed by atoms with van der Waals surface area (Å²) in [7, 11) is 0. The lowest BCUT2D eigenvalue weighted by Gasteiger charge is -2.10. The first-order valence-corrected chi connectivity index (χ1v) is 10.8. The van der Waals surface area contributed by atoms with E-state index in [1.54, 1.807) is 19.5 Å². The molecule has 0 radical (unpaired) electrons. The minimum Gasteiger partial charge on any atom is -0.139 e. The van der Waals surface area contributed by atoms with E-state index in [-0.39, 0.29) is 0 Å². The molecule has 0 unspecified atom stereocenters. The van der Waals surface area contributed by atoms with Crippen molar-refractivity contribution in [1.29, 1.82) is 0 Å². The normalized spacial score (nSPS) is 18.4. The summed E-state index contributed by atoms with van der Waals surface area (Å²) in [5, 5.41) is 3.07. The van der Waals surface area contributed by atoms with Gasteiger partial charge in [-0.25, -0.2) is 0 Å². The van der Waals surface area contributed by atoms with Crippen molar-refractivity contribution in [2.24, 2.45) is 0 Å². The van der Waals surface area contributed by atoms with Crippen molar-refractivity contribution < 1.29 is 0 Å². The van der Waals surface area contributed by atoms with Crippen LogP contribution in [-0.4, -0.2) is 11.5 Å². The van der Waals surface area contributed by atoms with Crippen molar-refractivity contribution in [3.63, 3.8) is 0 Å². The molecule has 1 aromatic carbocycles. The van der Waals surface area contributed by atoms with Crippen LogP contribution in [0.2, 0.25) is 0 Å². The molecule has 4 heteroatoms. The zero-order valence-corrected chi connectivity index (χ0v) is 14.3. The fourth-order valence-electron chi connectivity index (χ4n) is 3.20. The Balaban J connectivity index is 1.83. The number of hydrogen-bond donors (Lipinski definition) is 0. The summed E-state index contributed by atoms with van der Waals surface area (Å²) in [4.78, 5) is 6.46. The Labute approximate surface area is 134 Å². The van der Waals surface area contributed by atoms with Gasteiger partial charge in [-0.15, -0.1) is 46.2 Å². The molecular formula is C16H14S4. The number of thiophene rings is 2. The highest BCUT2D eigenvalue weighted by Gasteiger charge is 2.21. The number of thioether (sulfide) groups is 2. The van der Waals surface area contributed by atoms with Crippen LogP contribution in [0.4, 0.5) is 0 Å². The smallest absolute Gasteiger partial charge is 0.0364 e. The second kappa shape index (κ2) is 4.67. The molecule has 0 bridgehead atoms. The monoisotopic (exact) mass is 334 g/mol. The highest BCUT2D eigenvalue weighted by Crippen LogP contribution is 2.48. The average Bonchev–Trinajstić information content (AvgIpc) is 3.02. The topological polar surface area (TPSA) is 0 Å². The van der Waals surface area contributed by atoms with Gasteiger partial charge in [0.2, 0.25) is 0 Å². The van der Waals surface area contributed by atoms with E-state index in [1.807, 2.05) is 22.7 Å².